The van der Waals surface area contributed by atoms with Gasteiger partial charge in [0.15, 0.2) is 0 Å². The Kier molecular flexibility index (Phi) is 3.13. The van der Waals surface area contributed by atoms with Crippen molar-refractivity contribution in [1.29, 1.82) is 0 Å². The Hall–Kier alpha value is -1.81. The lowest BCUT2D eigenvalue weighted by molar-refractivity contribution is 0.216. The van der Waals surface area contributed by atoms with Crippen LogP contribution in [0.15, 0.2) is 30.5 Å². The molecule has 4 heteroatoms. The van der Waals surface area contributed by atoms with E-state index in [4.69, 9.17) is 5.73 Å². The van der Waals surface area contributed by atoms with E-state index >= 15 is 0 Å². The molecule has 2 aromatic rings. The molecule has 0 aliphatic heterocycles. The molecule has 0 saturated carbocycles. The lowest BCUT2D eigenvalue weighted by atomic mass is 10.0. The van der Waals surface area contributed by atoms with E-state index < -0.39 is 0 Å². The molecule has 0 saturated heterocycles. The van der Waals surface area contributed by atoms with Crippen LogP contribution < -0.4 is 10.6 Å². The van der Waals surface area contributed by atoms with Crippen LogP contribution >= 0.6 is 0 Å². The number of pyridine rings is 1. The van der Waals surface area contributed by atoms with E-state index in [1.165, 1.54) is 0 Å². The average molecular weight is 245 g/mol. The lowest BCUT2D eigenvalue weighted by Crippen LogP contribution is -2.44. The number of benzene rings is 1. The van der Waals surface area contributed by atoms with Crippen LogP contribution in [-0.2, 0) is 0 Å². The first-order valence-electron chi connectivity index (χ1n) is 5.95. The number of hydrogen-bond donors (Lipinski definition) is 2. The quantitative estimate of drug-likeness (QED) is 0.812. The number of nitrogen functional groups attached to an aromatic ring is 1. The first kappa shape index (κ1) is 12.6. The summed E-state index contributed by atoms with van der Waals surface area (Å²) in [5.74, 6) is 0. The third-order valence-electron chi connectivity index (χ3n) is 3.46. The van der Waals surface area contributed by atoms with Gasteiger partial charge in [-0.3, -0.25) is 4.98 Å². The lowest BCUT2D eigenvalue weighted by Gasteiger charge is -2.36. The molecule has 0 aliphatic carbocycles. The van der Waals surface area contributed by atoms with Crippen molar-refractivity contribution >= 4 is 22.3 Å². The van der Waals surface area contributed by atoms with Gasteiger partial charge in [0.25, 0.3) is 0 Å². The maximum atomic E-state index is 9.44. The van der Waals surface area contributed by atoms with Gasteiger partial charge in [0.05, 0.1) is 29.0 Å². The molecule has 96 valence electrons. The largest absolute Gasteiger partial charge is 0.396 e. The van der Waals surface area contributed by atoms with Crippen LogP contribution in [0.2, 0.25) is 0 Å². The minimum absolute atomic E-state index is 0.0635. The Morgan fingerprint density at radius 3 is 2.72 bits per heavy atom. The molecule has 2 rings (SSSR count). The highest BCUT2D eigenvalue weighted by molar-refractivity contribution is 5.97. The Balaban J connectivity index is 2.56. The Morgan fingerprint density at radius 2 is 2.06 bits per heavy atom. The van der Waals surface area contributed by atoms with E-state index in [1.807, 2.05) is 50.1 Å². The third kappa shape index (κ3) is 1.99. The SMILES string of the molecule is CN(c1ccc2ncccc2c1N)C(C)(C)CO. The van der Waals surface area contributed by atoms with Crippen molar-refractivity contribution in [2.75, 3.05) is 24.3 Å². The highest BCUT2D eigenvalue weighted by Crippen LogP contribution is 2.33. The Labute approximate surface area is 107 Å². The fourth-order valence-corrected chi connectivity index (χ4v) is 1.89. The molecule has 18 heavy (non-hydrogen) atoms. The summed E-state index contributed by atoms with van der Waals surface area (Å²) in [5.41, 5.74) is 8.34. The van der Waals surface area contributed by atoms with Crippen molar-refractivity contribution in [3.05, 3.63) is 30.5 Å². The predicted octanol–water partition coefficient (Wildman–Crippen LogP) is 2.02. The van der Waals surface area contributed by atoms with E-state index in [1.54, 1.807) is 6.20 Å². The number of fused-ring (bicyclic) bond motifs is 1. The molecule has 4 nitrogen and oxygen atoms in total. The standard InChI is InChI=1S/C14H19N3O/c1-14(2,9-18)17(3)12-7-6-11-10(13(12)15)5-4-8-16-11/h4-8,18H,9,15H2,1-3H3. The summed E-state index contributed by atoms with van der Waals surface area (Å²) in [6.45, 7) is 4.01. The number of aromatic nitrogens is 1. The molecule has 0 fully saturated rings. The second kappa shape index (κ2) is 4.46. The van der Waals surface area contributed by atoms with Crippen molar-refractivity contribution in [1.82, 2.24) is 4.98 Å². The number of likely N-dealkylation sites (N-methyl/N-ethyl adjacent to an activating group) is 1. The van der Waals surface area contributed by atoms with E-state index in [0.717, 1.165) is 16.6 Å². The van der Waals surface area contributed by atoms with Crippen LogP contribution in [0.1, 0.15) is 13.8 Å². The minimum Gasteiger partial charge on any atom is -0.396 e. The maximum Gasteiger partial charge on any atom is 0.0724 e. The van der Waals surface area contributed by atoms with Crippen LogP contribution in [0.4, 0.5) is 11.4 Å². The highest BCUT2D eigenvalue weighted by Gasteiger charge is 2.24. The summed E-state index contributed by atoms with van der Waals surface area (Å²) < 4.78 is 0. The zero-order valence-electron chi connectivity index (χ0n) is 11.0. The zero-order chi connectivity index (χ0) is 13.3. The van der Waals surface area contributed by atoms with Gasteiger partial charge in [0, 0.05) is 18.6 Å². The minimum atomic E-state index is -0.357. The number of hydrogen-bond acceptors (Lipinski definition) is 4. The van der Waals surface area contributed by atoms with E-state index in [9.17, 15) is 5.11 Å². The molecule has 1 aromatic heterocycles. The first-order chi connectivity index (χ1) is 8.47. The van der Waals surface area contributed by atoms with Gasteiger partial charge < -0.3 is 15.7 Å². The topological polar surface area (TPSA) is 62.4 Å². The Bertz CT molecular complexity index is 566. The molecule has 0 radical (unpaired) electrons. The van der Waals surface area contributed by atoms with Gasteiger partial charge in [-0.1, -0.05) is 0 Å². The van der Waals surface area contributed by atoms with Gasteiger partial charge in [0.2, 0.25) is 0 Å². The van der Waals surface area contributed by atoms with Crippen molar-refractivity contribution in [3.63, 3.8) is 0 Å². The summed E-state index contributed by atoms with van der Waals surface area (Å²) in [6, 6.07) is 7.73. The van der Waals surface area contributed by atoms with Crippen molar-refractivity contribution in [2.45, 2.75) is 19.4 Å². The normalized spacial score (nSPS) is 11.8. The van der Waals surface area contributed by atoms with E-state index in [0.29, 0.717) is 5.69 Å². The van der Waals surface area contributed by atoms with Crippen molar-refractivity contribution < 1.29 is 5.11 Å². The van der Waals surface area contributed by atoms with Crippen LogP contribution in [0.25, 0.3) is 10.9 Å². The molecule has 1 aromatic carbocycles. The molecule has 0 spiro atoms. The molecule has 3 N–H and O–H groups in total. The van der Waals surface area contributed by atoms with Crippen LogP contribution in [0.3, 0.4) is 0 Å². The maximum absolute atomic E-state index is 9.44. The van der Waals surface area contributed by atoms with Crippen molar-refractivity contribution in [2.24, 2.45) is 0 Å². The van der Waals surface area contributed by atoms with Gasteiger partial charge >= 0.3 is 0 Å². The number of aliphatic hydroxyl groups excluding tert-OH is 1. The summed E-state index contributed by atoms with van der Waals surface area (Å²) in [5, 5.41) is 10.4. The van der Waals surface area contributed by atoms with Crippen molar-refractivity contribution in [3.8, 4) is 0 Å². The molecule has 0 atom stereocenters. The highest BCUT2D eigenvalue weighted by atomic mass is 16.3. The predicted molar refractivity (Wildman–Crippen MR) is 75.7 cm³/mol. The molecule has 0 unspecified atom stereocenters. The summed E-state index contributed by atoms with van der Waals surface area (Å²) in [7, 11) is 1.93. The second-order valence-electron chi connectivity index (χ2n) is 5.10. The monoisotopic (exact) mass is 245 g/mol. The molecular weight excluding hydrogens is 226 g/mol. The smallest absolute Gasteiger partial charge is 0.0724 e. The fraction of sp³-hybridized carbons (Fsp3) is 0.357. The van der Waals surface area contributed by atoms with Crippen LogP contribution in [0.5, 0.6) is 0 Å². The van der Waals surface area contributed by atoms with Crippen LogP contribution in [-0.4, -0.2) is 29.3 Å². The third-order valence-corrected chi connectivity index (χ3v) is 3.46. The van der Waals surface area contributed by atoms with Gasteiger partial charge in [-0.05, 0) is 38.1 Å². The summed E-state index contributed by atoms with van der Waals surface area (Å²) >= 11 is 0. The second-order valence-corrected chi connectivity index (χ2v) is 5.10. The first-order valence-corrected chi connectivity index (χ1v) is 5.95. The number of rotatable bonds is 3. The van der Waals surface area contributed by atoms with Gasteiger partial charge in [0.1, 0.15) is 0 Å². The number of nitrogens with two attached hydrogens (primary N) is 1. The Morgan fingerprint density at radius 1 is 1.33 bits per heavy atom. The zero-order valence-corrected chi connectivity index (χ0v) is 11.0. The summed E-state index contributed by atoms with van der Waals surface area (Å²) in [6.07, 6.45) is 1.75. The molecule has 1 heterocycles. The fourth-order valence-electron chi connectivity index (χ4n) is 1.89. The van der Waals surface area contributed by atoms with E-state index in [-0.39, 0.29) is 12.1 Å². The van der Waals surface area contributed by atoms with E-state index in [2.05, 4.69) is 4.98 Å². The number of aliphatic hydroxyl groups is 1. The molecule has 0 amide bonds. The van der Waals surface area contributed by atoms with Gasteiger partial charge in [-0.2, -0.15) is 0 Å². The van der Waals surface area contributed by atoms with Gasteiger partial charge in [-0.25, -0.2) is 0 Å². The molecule has 0 bridgehead atoms. The van der Waals surface area contributed by atoms with Crippen LogP contribution in [0, 0.1) is 0 Å². The molecule has 0 aliphatic rings. The van der Waals surface area contributed by atoms with Gasteiger partial charge in [-0.15, -0.1) is 0 Å². The average Bonchev–Trinajstić information content (AvgIpc) is 2.39. The number of anilines is 2. The summed E-state index contributed by atoms with van der Waals surface area (Å²) in [4.78, 5) is 6.27. The molecular formula is C14H19N3O. The number of nitrogens with zero attached hydrogens (tertiary/aromatic N) is 2.